The number of rotatable bonds is 0. The maximum Gasteiger partial charge on any atom is 0.00645 e. The first-order valence-electron chi connectivity index (χ1n) is 12.1. The Balaban J connectivity index is 2.15. The molecule has 1 saturated carbocycles. The van der Waals surface area contributed by atoms with E-state index in [1.54, 1.807) is 0 Å². The first-order valence-corrected chi connectivity index (χ1v) is 12.1. The van der Waals surface area contributed by atoms with Gasteiger partial charge in [0.2, 0.25) is 0 Å². The molecule has 0 heterocycles. The summed E-state index contributed by atoms with van der Waals surface area (Å²) in [5, 5.41) is 0. The monoisotopic (exact) mass is 351 g/mol. The molecule has 0 radical (unpaired) electrons. The van der Waals surface area contributed by atoms with E-state index < -0.39 is 0 Å². The van der Waals surface area contributed by atoms with Crippen LogP contribution < -0.4 is 5.73 Å². The second-order valence-corrected chi connectivity index (χ2v) is 8.94. The largest absolute Gasteiger partial charge is 0.327 e. The van der Waals surface area contributed by atoms with Crippen LogP contribution in [0.3, 0.4) is 0 Å². The summed E-state index contributed by atoms with van der Waals surface area (Å²) >= 11 is 0. The lowest BCUT2D eigenvalue weighted by Gasteiger charge is -2.19. The third kappa shape index (κ3) is 14.8. The highest BCUT2D eigenvalue weighted by Crippen LogP contribution is 2.19. The van der Waals surface area contributed by atoms with Crippen LogP contribution in [0, 0.1) is 5.92 Å². The van der Waals surface area contributed by atoms with E-state index in [9.17, 15) is 0 Å². The van der Waals surface area contributed by atoms with E-state index in [-0.39, 0.29) is 0 Å². The lowest BCUT2D eigenvalue weighted by Crippen LogP contribution is -2.28. The van der Waals surface area contributed by atoms with Crippen LogP contribution in [0.5, 0.6) is 0 Å². The van der Waals surface area contributed by atoms with Gasteiger partial charge in [0.25, 0.3) is 0 Å². The molecular formula is C24H49N. The van der Waals surface area contributed by atoms with E-state index in [4.69, 9.17) is 5.73 Å². The maximum absolute atomic E-state index is 6.41. The van der Waals surface area contributed by atoms with Crippen LogP contribution in [-0.4, -0.2) is 6.04 Å². The topological polar surface area (TPSA) is 26.0 Å². The van der Waals surface area contributed by atoms with Crippen LogP contribution in [0.2, 0.25) is 0 Å². The molecule has 1 aliphatic rings. The average molecular weight is 352 g/mol. The summed E-state index contributed by atoms with van der Waals surface area (Å²) in [4.78, 5) is 0. The summed E-state index contributed by atoms with van der Waals surface area (Å²) in [6.45, 7) is 2.38. The van der Waals surface area contributed by atoms with Crippen molar-refractivity contribution >= 4 is 0 Å². The van der Waals surface area contributed by atoms with E-state index in [2.05, 4.69) is 6.92 Å². The Labute approximate surface area is 159 Å². The molecule has 1 rings (SSSR count). The maximum atomic E-state index is 6.41. The Bertz CT molecular complexity index is 237. The molecule has 0 spiro atoms. The lowest BCUT2D eigenvalue weighted by atomic mass is 9.91. The molecule has 0 aliphatic heterocycles. The van der Waals surface area contributed by atoms with Crippen LogP contribution in [0.4, 0.5) is 0 Å². The zero-order chi connectivity index (χ0) is 18.0. The fraction of sp³-hybridized carbons (Fsp3) is 1.00. The molecule has 0 amide bonds. The molecule has 2 unspecified atom stereocenters. The summed E-state index contributed by atoms with van der Waals surface area (Å²) in [6.07, 6.45) is 30.2. The van der Waals surface area contributed by atoms with Crippen molar-refractivity contribution in [1.29, 1.82) is 0 Å². The highest BCUT2D eigenvalue weighted by atomic mass is 14.6. The summed E-state index contributed by atoms with van der Waals surface area (Å²) < 4.78 is 0. The minimum atomic E-state index is 0.446. The first-order chi connectivity index (χ1) is 12.3. The third-order valence-corrected chi connectivity index (χ3v) is 6.43. The fourth-order valence-corrected chi connectivity index (χ4v) is 4.35. The minimum Gasteiger partial charge on any atom is -0.327 e. The van der Waals surface area contributed by atoms with Gasteiger partial charge in [-0.3, -0.25) is 0 Å². The molecule has 2 N–H and O–H groups in total. The van der Waals surface area contributed by atoms with Crippen LogP contribution >= 0.6 is 0 Å². The van der Waals surface area contributed by atoms with Gasteiger partial charge in [0.05, 0.1) is 0 Å². The van der Waals surface area contributed by atoms with Gasteiger partial charge in [-0.15, -0.1) is 0 Å². The second-order valence-electron chi connectivity index (χ2n) is 8.94. The molecule has 0 aromatic rings. The fourth-order valence-electron chi connectivity index (χ4n) is 4.35. The molecule has 0 bridgehead atoms. The highest BCUT2D eigenvalue weighted by molar-refractivity contribution is 4.69. The van der Waals surface area contributed by atoms with Gasteiger partial charge in [-0.05, 0) is 18.8 Å². The van der Waals surface area contributed by atoms with Crippen molar-refractivity contribution in [2.24, 2.45) is 11.7 Å². The van der Waals surface area contributed by atoms with Gasteiger partial charge in [-0.25, -0.2) is 0 Å². The van der Waals surface area contributed by atoms with E-state index in [0.29, 0.717) is 6.04 Å². The quantitative estimate of drug-likeness (QED) is 0.468. The zero-order valence-corrected chi connectivity index (χ0v) is 17.6. The Morgan fingerprint density at radius 3 is 0.960 bits per heavy atom. The van der Waals surface area contributed by atoms with Crippen LogP contribution in [0.15, 0.2) is 0 Å². The first kappa shape index (κ1) is 23.0. The Morgan fingerprint density at radius 2 is 0.640 bits per heavy atom. The van der Waals surface area contributed by atoms with E-state index >= 15 is 0 Å². The van der Waals surface area contributed by atoms with Gasteiger partial charge in [-0.2, -0.15) is 0 Å². The summed E-state index contributed by atoms with van der Waals surface area (Å²) in [5.41, 5.74) is 6.41. The predicted molar refractivity (Wildman–Crippen MR) is 114 cm³/mol. The van der Waals surface area contributed by atoms with Crippen molar-refractivity contribution in [1.82, 2.24) is 0 Å². The third-order valence-electron chi connectivity index (χ3n) is 6.43. The van der Waals surface area contributed by atoms with E-state index in [1.165, 1.54) is 135 Å². The van der Waals surface area contributed by atoms with Crippen LogP contribution in [-0.2, 0) is 0 Å². The van der Waals surface area contributed by atoms with E-state index in [0.717, 1.165) is 5.92 Å². The van der Waals surface area contributed by atoms with Gasteiger partial charge in [-0.1, -0.05) is 129 Å². The number of hydrogen-bond acceptors (Lipinski definition) is 1. The van der Waals surface area contributed by atoms with Gasteiger partial charge in [0.1, 0.15) is 0 Å². The van der Waals surface area contributed by atoms with Gasteiger partial charge in [0.15, 0.2) is 0 Å². The molecule has 1 nitrogen and oxygen atoms in total. The van der Waals surface area contributed by atoms with Crippen molar-refractivity contribution in [3.8, 4) is 0 Å². The standard InChI is InChI=1S/C24H49N/c1-23-21-19-17-15-13-11-9-7-5-3-2-4-6-8-10-12-14-16-18-20-22-24(23)25/h23-24H,2-22,25H2,1H3. The normalized spacial score (nSPS) is 29.0. The van der Waals surface area contributed by atoms with Gasteiger partial charge < -0.3 is 5.73 Å². The average Bonchev–Trinajstić information content (AvgIpc) is 2.61. The second kappa shape index (κ2) is 17.4. The Hall–Kier alpha value is -0.0400. The molecule has 25 heavy (non-hydrogen) atoms. The van der Waals surface area contributed by atoms with Crippen molar-refractivity contribution < 1.29 is 0 Å². The lowest BCUT2D eigenvalue weighted by molar-refractivity contribution is 0.376. The number of hydrogen-bond donors (Lipinski definition) is 1. The molecular weight excluding hydrogens is 302 g/mol. The minimum absolute atomic E-state index is 0.446. The molecule has 150 valence electrons. The van der Waals surface area contributed by atoms with Crippen molar-refractivity contribution in [2.45, 2.75) is 148 Å². The van der Waals surface area contributed by atoms with Crippen LogP contribution in [0.25, 0.3) is 0 Å². The summed E-state index contributed by atoms with van der Waals surface area (Å²) in [7, 11) is 0. The Morgan fingerprint density at radius 1 is 0.400 bits per heavy atom. The van der Waals surface area contributed by atoms with Crippen molar-refractivity contribution in [3.05, 3.63) is 0 Å². The highest BCUT2D eigenvalue weighted by Gasteiger charge is 2.11. The SMILES string of the molecule is CC1CCCCCCCCCCCCCCCCCCCCCC1N. The Kier molecular flexibility index (Phi) is 16.0. The van der Waals surface area contributed by atoms with Crippen LogP contribution in [0.1, 0.15) is 142 Å². The summed E-state index contributed by atoms with van der Waals surface area (Å²) in [5.74, 6) is 0.724. The molecule has 1 aliphatic carbocycles. The summed E-state index contributed by atoms with van der Waals surface area (Å²) in [6, 6.07) is 0.446. The zero-order valence-electron chi connectivity index (χ0n) is 17.6. The molecule has 1 fully saturated rings. The van der Waals surface area contributed by atoms with Crippen molar-refractivity contribution in [2.75, 3.05) is 0 Å². The molecule has 2 atom stereocenters. The molecule has 0 aromatic heterocycles. The van der Waals surface area contributed by atoms with Gasteiger partial charge >= 0.3 is 0 Å². The van der Waals surface area contributed by atoms with Gasteiger partial charge in [0, 0.05) is 6.04 Å². The van der Waals surface area contributed by atoms with E-state index in [1.807, 2.05) is 0 Å². The molecule has 1 heteroatoms. The molecule has 0 saturated heterocycles. The number of nitrogens with two attached hydrogens (primary N) is 1. The molecule has 0 aromatic carbocycles. The van der Waals surface area contributed by atoms with Crippen molar-refractivity contribution in [3.63, 3.8) is 0 Å². The smallest absolute Gasteiger partial charge is 0.00645 e. The predicted octanol–water partition coefficient (Wildman–Crippen LogP) is 8.16.